The highest BCUT2D eigenvalue weighted by Crippen LogP contribution is 2.23. The lowest BCUT2D eigenvalue weighted by Crippen LogP contribution is -2.11. The second-order valence-corrected chi connectivity index (χ2v) is 6.23. The molecule has 0 fully saturated rings. The summed E-state index contributed by atoms with van der Waals surface area (Å²) < 4.78 is 7.96. The van der Waals surface area contributed by atoms with E-state index in [-0.39, 0.29) is 0 Å². The lowest BCUT2D eigenvalue weighted by Gasteiger charge is -2.13. The number of benzene rings is 2. The molecule has 0 aliphatic rings. The van der Waals surface area contributed by atoms with Gasteiger partial charge in [0, 0.05) is 6.54 Å². The zero-order valence-corrected chi connectivity index (χ0v) is 15.0. The Morgan fingerprint density at radius 3 is 2.56 bits per heavy atom. The van der Waals surface area contributed by atoms with Crippen LogP contribution in [0.5, 0.6) is 5.75 Å². The summed E-state index contributed by atoms with van der Waals surface area (Å²) in [6.45, 7) is 5.53. The van der Waals surface area contributed by atoms with Crippen molar-refractivity contribution >= 4 is 11.0 Å². The number of aliphatic hydroxyl groups excluding tert-OH is 1. The molecule has 132 valence electrons. The normalized spacial score (nSPS) is 12.4. The number of hydrogen-bond acceptors (Lipinski definition) is 3. The fourth-order valence-electron chi connectivity index (χ4n) is 3.00. The van der Waals surface area contributed by atoms with Crippen molar-refractivity contribution in [3.63, 3.8) is 0 Å². The van der Waals surface area contributed by atoms with Gasteiger partial charge in [-0.1, -0.05) is 38.1 Å². The Morgan fingerprint density at radius 2 is 1.84 bits per heavy atom. The van der Waals surface area contributed by atoms with Crippen molar-refractivity contribution in [3.05, 3.63) is 59.9 Å². The van der Waals surface area contributed by atoms with Crippen LogP contribution in [0.2, 0.25) is 0 Å². The molecule has 0 unspecified atom stereocenters. The summed E-state index contributed by atoms with van der Waals surface area (Å²) in [4.78, 5) is 4.61. The molecule has 0 radical (unpaired) electrons. The molecule has 0 amide bonds. The van der Waals surface area contributed by atoms with E-state index < -0.39 is 6.10 Å². The van der Waals surface area contributed by atoms with E-state index in [0.29, 0.717) is 13.0 Å². The number of aromatic nitrogens is 2. The van der Waals surface area contributed by atoms with E-state index in [0.717, 1.165) is 42.0 Å². The Balaban J connectivity index is 1.65. The van der Waals surface area contributed by atoms with Crippen molar-refractivity contribution in [3.8, 4) is 5.75 Å². The van der Waals surface area contributed by atoms with Crippen molar-refractivity contribution in [2.75, 3.05) is 6.61 Å². The number of imidazole rings is 1. The number of hydrogen-bond donors (Lipinski definition) is 1. The predicted molar refractivity (Wildman–Crippen MR) is 101 cm³/mol. The van der Waals surface area contributed by atoms with E-state index in [4.69, 9.17) is 4.74 Å². The summed E-state index contributed by atoms with van der Waals surface area (Å²) in [5, 5.41) is 10.3. The molecule has 0 bridgehead atoms. The molecule has 2 aromatic carbocycles. The Morgan fingerprint density at radius 1 is 1.08 bits per heavy atom. The van der Waals surface area contributed by atoms with E-state index in [1.54, 1.807) is 0 Å². The molecule has 0 aliphatic carbocycles. The average molecular weight is 338 g/mol. The van der Waals surface area contributed by atoms with Crippen LogP contribution in [0.3, 0.4) is 0 Å². The van der Waals surface area contributed by atoms with Crippen LogP contribution in [-0.4, -0.2) is 21.3 Å². The van der Waals surface area contributed by atoms with Crippen molar-refractivity contribution in [2.24, 2.45) is 0 Å². The van der Waals surface area contributed by atoms with Gasteiger partial charge in [-0.05, 0) is 49.1 Å². The van der Waals surface area contributed by atoms with Crippen LogP contribution in [0.15, 0.2) is 48.5 Å². The first kappa shape index (κ1) is 17.5. The third-order valence-corrected chi connectivity index (χ3v) is 4.50. The minimum atomic E-state index is -0.532. The predicted octanol–water partition coefficient (Wildman–Crippen LogP) is 4.51. The van der Waals surface area contributed by atoms with E-state index in [1.165, 1.54) is 5.56 Å². The third-order valence-electron chi connectivity index (χ3n) is 4.50. The lowest BCUT2D eigenvalue weighted by atomic mass is 10.2. The first-order valence-corrected chi connectivity index (χ1v) is 9.08. The molecule has 1 aromatic heterocycles. The van der Waals surface area contributed by atoms with Gasteiger partial charge < -0.3 is 14.4 Å². The topological polar surface area (TPSA) is 47.3 Å². The standard InChI is InChI=1S/C21H26N2O2/c1-3-16-10-12-17(13-11-16)25-15-7-14-23-19-9-6-5-8-18(19)22-21(23)20(24)4-2/h5-6,8-13,20,24H,3-4,7,14-15H2,1-2H3/t20-/m0/s1. The van der Waals surface area contributed by atoms with Gasteiger partial charge in [0.15, 0.2) is 0 Å². The maximum Gasteiger partial charge on any atom is 0.138 e. The largest absolute Gasteiger partial charge is 0.494 e. The summed E-state index contributed by atoms with van der Waals surface area (Å²) >= 11 is 0. The number of aliphatic hydroxyl groups is 1. The smallest absolute Gasteiger partial charge is 0.138 e. The van der Waals surface area contributed by atoms with E-state index in [2.05, 4.69) is 34.7 Å². The molecule has 0 aliphatic heterocycles. The fraction of sp³-hybridized carbons (Fsp3) is 0.381. The van der Waals surface area contributed by atoms with Crippen LogP contribution in [-0.2, 0) is 13.0 Å². The van der Waals surface area contributed by atoms with Crippen LogP contribution in [0.4, 0.5) is 0 Å². The Hall–Kier alpha value is -2.33. The third kappa shape index (κ3) is 4.02. The maximum atomic E-state index is 10.3. The van der Waals surface area contributed by atoms with Crippen LogP contribution in [0.25, 0.3) is 11.0 Å². The highest BCUT2D eigenvalue weighted by atomic mass is 16.5. The highest BCUT2D eigenvalue weighted by molar-refractivity contribution is 5.76. The Labute approximate surface area is 149 Å². The summed E-state index contributed by atoms with van der Waals surface area (Å²) in [6.07, 6.45) is 2.02. The zero-order valence-electron chi connectivity index (χ0n) is 15.0. The molecule has 0 saturated heterocycles. The van der Waals surface area contributed by atoms with Gasteiger partial charge in [-0.15, -0.1) is 0 Å². The SMILES string of the molecule is CCc1ccc(OCCCn2c([C@@H](O)CC)nc3ccccc32)cc1. The number of rotatable bonds is 8. The first-order chi connectivity index (χ1) is 12.2. The number of ether oxygens (including phenoxy) is 1. The Kier molecular flexibility index (Phi) is 5.71. The van der Waals surface area contributed by atoms with Crippen LogP contribution >= 0.6 is 0 Å². The van der Waals surface area contributed by atoms with Gasteiger partial charge in [-0.3, -0.25) is 0 Å². The van der Waals surface area contributed by atoms with Gasteiger partial charge in [0.2, 0.25) is 0 Å². The number of fused-ring (bicyclic) bond motifs is 1. The van der Waals surface area contributed by atoms with Gasteiger partial charge in [0.25, 0.3) is 0 Å². The summed E-state index contributed by atoms with van der Waals surface area (Å²) in [5.41, 5.74) is 3.31. The molecular formula is C21H26N2O2. The number of aryl methyl sites for hydroxylation is 2. The summed E-state index contributed by atoms with van der Waals surface area (Å²) in [7, 11) is 0. The van der Waals surface area contributed by atoms with Gasteiger partial charge in [-0.2, -0.15) is 0 Å². The monoisotopic (exact) mass is 338 g/mol. The molecular weight excluding hydrogens is 312 g/mol. The molecule has 4 nitrogen and oxygen atoms in total. The minimum Gasteiger partial charge on any atom is -0.494 e. The maximum absolute atomic E-state index is 10.3. The first-order valence-electron chi connectivity index (χ1n) is 9.08. The molecule has 4 heteroatoms. The Bertz CT molecular complexity index is 808. The van der Waals surface area contributed by atoms with Crippen LogP contribution < -0.4 is 4.74 Å². The zero-order chi connectivity index (χ0) is 17.6. The van der Waals surface area contributed by atoms with Crippen molar-refractivity contribution in [1.82, 2.24) is 9.55 Å². The van der Waals surface area contributed by atoms with Crippen molar-refractivity contribution < 1.29 is 9.84 Å². The van der Waals surface area contributed by atoms with Gasteiger partial charge >= 0.3 is 0 Å². The molecule has 0 saturated carbocycles. The quantitative estimate of drug-likeness (QED) is 0.615. The number of nitrogens with zero attached hydrogens (tertiary/aromatic N) is 2. The van der Waals surface area contributed by atoms with Crippen molar-refractivity contribution in [1.29, 1.82) is 0 Å². The van der Waals surface area contributed by atoms with E-state index in [1.807, 2.05) is 37.3 Å². The van der Waals surface area contributed by atoms with Crippen LogP contribution in [0, 0.1) is 0 Å². The molecule has 25 heavy (non-hydrogen) atoms. The summed E-state index contributed by atoms with van der Waals surface area (Å²) in [5.74, 6) is 1.65. The second kappa shape index (κ2) is 8.17. The highest BCUT2D eigenvalue weighted by Gasteiger charge is 2.16. The van der Waals surface area contributed by atoms with E-state index in [9.17, 15) is 5.11 Å². The fourth-order valence-corrected chi connectivity index (χ4v) is 3.00. The molecule has 1 atom stereocenters. The van der Waals surface area contributed by atoms with Crippen molar-refractivity contribution in [2.45, 2.75) is 45.8 Å². The molecule has 0 spiro atoms. The molecule has 1 heterocycles. The average Bonchev–Trinajstić information content (AvgIpc) is 3.04. The molecule has 1 N–H and O–H groups in total. The van der Waals surface area contributed by atoms with Gasteiger partial charge in [0.1, 0.15) is 17.7 Å². The van der Waals surface area contributed by atoms with Gasteiger partial charge in [0.05, 0.1) is 17.6 Å². The second-order valence-electron chi connectivity index (χ2n) is 6.23. The minimum absolute atomic E-state index is 0.532. The molecule has 3 aromatic rings. The number of para-hydroxylation sites is 2. The van der Waals surface area contributed by atoms with Crippen LogP contribution in [0.1, 0.15) is 44.2 Å². The summed E-state index contributed by atoms with van der Waals surface area (Å²) in [6, 6.07) is 16.3. The lowest BCUT2D eigenvalue weighted by molar-refractivity contribution is 0.158. The molecule has 3 rings (SSSR count). The van der Waals surface area contributed by atoms with E-state index >= 15 is 0 Å². The van der Waals surface area contributed by atoms with Gasteiger partial charge in [-0.25, -0.2) is 4.98 Å².